The number of hydrogen-bond acceptors (Lipinski definition) is 7. The zero-order valence-corrected chi connectivity index (χ0v) is 68.6. The summed E-state index contributed by atoms with van der Waals surface area (Å²) in [5.74, 6) is 0. The minimum atomic E-state index is -5.30. The summed E-state index contributed by atoms with van der Waals surface area (Å²) in [7, 11) is 0. The highest BCUT2D eigenvalue weighted by atomic mass is 19.5. The number of nitrogens with zero attached hydrogens (tertiary/aromatic N) is 7. The summed E-state index contributed by atoms with van der Waals surface area (Å²) in [5, 5.41) is 60.1. The second-order valence-corrected chi connectivity index (χ2v) is 26.9. The van der Waals surface area contributed by atoms with E-state index in [1.165, 1.54) is 56.3 Å². The van der Waals surface area contributed by atoms with Gasteiger partial charge in [0.05, 0.1) is 148 Å². The molecule has 0 fully saturated rings. The molecule has 0 unspecified atom stereocenters. The molecule has 0 N–H and O–H groups in total. The zero-order chi connectivity index (χ0) is 103. The van der Waals surface area contributed by atoms with Gasteiger partial charge in [-0.15, -0.1) is 0 Å². The van der Waals surface area contributed by atoms with Crippen LogP contribution in [0.4, 0.5) is 158 Å². The maximum atomic E-state index is 12.5. The fraction of sp³-hybridized carbons (Fsp3) is 0.247. The topological polar surface area (TPSA) is 167 Å². The molecule has 0 amide bonds. The largest absolute Gasteiger partial charge is 0.416 e. The third-order valence-corrected chi connectivity index (χ3v) is 16.7. The summed E-state index contributed by atoms with van der Waals surface area (Å²) in [6, 6.07) is 47.0. The Morgan fingerprint density at radius 2 is 0.455 bits per heavy atom. The summed E-state index contributed by atoms with van der Waals surface area (Å²) in [6.45, 7) is 13.8. The molecule has 0 saturated heterocycles. The molecule has 0 aliphatic heterocycles. The Morgan fingerprint density at radius 3 is 0.788 bits per heavy atom. The van der Waals surface area contributed by atoms with E-state index in [0.717, 1.165) is 73.0 Å². The van der Waals surface area contributed by atoms with Crippen LogP contribution in [-0.2, 0) is 74.1 Å². The molecule has 0 heterocycles. The van der Waals surface area contributed by atoms with Gasteiger partial charge in [0.25, 0.3) is 0 Å². The average Bonchev–Trinajstić information content (AvgIpc) is 0.767. The highest BCUT2D eigenvalue weighted by molar-refractivity contribution is 5.53. The predicted octanol–water partition coefficient (Wildman–Crippen LogP) is 31.3. The van der Waals surface area contributed by atoms with Gasteiger partial charge >= 0.3 is 74.1 Å². The first kappa shape index (κ1) is 116. The number of aryl methyl sites for hydroxylation is 7. The van der Waals surface area contributed by atoms with Gasteiger partial charge in [-0.2, -0.15) is 195 Å². The quantitative estimate of drug-likeness (QED) is 0.136. The average molecular weight is 1910 g/mol. The van der Waals surface area contributed by atoms with Crippen LogP contribution in [0, 0.1) is 149 Å². The van der Waals surface area contributed by atoms with Gasteiger partial charge in [-0.05, 0) is 235 Å². The number of alkyl halides is 36. The summed E-state index contributed by atoms with van der Waals surface area (Å²) in [5.41, 5.74) is -10.1. The number of hydrogen-bond donors (Lipinski definition) is 0. The molecule has 10 rings (SSSR count). The van der Waals surface area contributed by atoms with Gasteiger partial charge in [0.1, 0.15) is 0 Å². The van der Waals surface area contributed by atoms with Crippen molar-refractivity contribution in [3.05, 3.63) is 349 Å². The first-order valence-corrected chi connectivity index (χ1v) is 35.6. The molecule has 0 aromatic heterocycles. The molecule has 7 nitrogen and oxygen atoms in total. The fourth-order valence-electron chi connectivity index (χ4n) is 10.1. The number of nitriles is 7. The number of halogens is 36. The lowest BCUT2D eigenvalue weighted by atomic mass is 9.97. The standard InChI is InChI=1S/C10H5F9.C10H5N3.3C9H6F6.2C9H6N2.3C8H7F3/c1-4-6(9(14,15)16)2-5(8(11,12)13)3-7(4)10(17,18)19;1-7-9(5-12)2-8(4-11)3-10(7)6-13;1-5-2-6(8(10,11)12)4-7(3-5)9(13,14)15;1-5-2-3-6(8(10,11)12)4-7(5)9(13,14)15;1-5-6(8(10,11)12)3-2-4-7(5)9(13,14)15;1-7-2-8(5-10)4-9(3-7)6-11;1-7-2-3-8(5-10)4-9(7)6-11;1-6-2-4-7(5-3-6)8(9,10)11;1-6-3-2-4-7(5-6)8(9,10)11;1-6-4-2-3-5-7(6)8(9,10)11/h2-3H,1H3;2-3H,1H3;3*2-4H,1H3;2*2-4H,1H3;3*2-5H,1H3. The van der Waals surface area contributed by atoms with Crippen molar-refractivity contribution in [1.82, 2.24) is 0 Å². The van der Waals surface area contributed by atoms with E-state index < -0.39 is 152 Å². The van der Waals surface area contributed by atoms with Crippen LogP contribution in [0.25, 0.3) is 0 Å². The van der Waals surface area contributed by atoms with Crippen molar-refractivity contribution in [1.29, 1.82) is 36.8 Å². The normalized spacial score (nSPS) is 11.5. The van der Waals surface area contributed by atoms with Crippen LogP contribution >= 0.6 is 0 Å². The van der Waals surface area contributed by atoms with Crippen LogP contribution in [-0.4, -0.2) is 0 Å². The maximum absolute atomic E-state index is 12.5. The summed E-state index contributed by atoms with van der Waals surface area (Å²) >= 11 is 0. The van der Waals surface area contributed by atoms with E-state index >= 15 is 0 Å². The van der Waals surface area contributed by atoms with Crippen molar-refractivity contribution in [2.75, 3.05) is 0 Å². The molecule has 0 aliphatic carbocycles. The molecule has 10 aromatic carbocycles. The second-order valence-electron chi connectivity index (χ2n) is 26.9. The maximum Gasteiger partial charge on any atom is 0.416 e. The van der Waals surface area contributed by atoms with E-state index in [2.05, 4.69) is 0 Å². The smallest absolute Gasteiger partial charge is 0.192 e. The van der Waals surface area contributed by atoms with Crippen LogP contribution in [0.2, 0.25) is 0 Å². The zero-order valence-electron chi connectivity index (χ0n) is 68.6. The Morgan fingerprint density at radius 1 is 0.167 bits per heavy atom. The van der Waals surface area contributed by atoms with Gasteiger partial charge in [-0.1, -0.05) is 77.9 Å². The molecule has 10 aromatic rings. The van der Waals surface area contributed by atoms with Crippen molar-refractivity contribution in [3.8, 4) is 42.5 Å². The van der Waals surface area contributed by atoms with Crippen molar-refractivity contribution in [2.45, 2.75) is 143 Å². The highest BCUT2D eigenvalue weighted by Gasteiger charge is 2.45. The first-order chi connectivity index (χ1) is 59.9. The molecule has 704 valence electrons. The van der Waals surface area contributed by atoms with Crippen LogP contribution in [0.3, 0.4) is 0 Å². The minimum Gasteiger partial charge on any atom is -0.192 e. The Kier molecular flexibility index (Phi) is 41.4. The Bertz CT molecular complexity index is 5670. The third-order valence-electron chi connectivity index (χ3n) is 16.7. The van der Waals surface area contributed by atoms with Gasteiger partial charge in [-0.3, -0.25) is 0 Å². The van der Waals surface area contributed by atoms with Gasteiger partial charge in [0, 0.05) is 0 Å². The minimum absolute atomic E-state index is 0.0721. The van der Waals surface area contributed by atoms with E-state index in [1.54, 1.807) is 69.3 Å². The Hall–Kier alpha value is -13.9. The third kappa shape index (κ3) is 38.8. The van der Waals surface area contributed by atoms with Crippen molar-refractivity contribution >= 4 is 0 Å². The number of benzene rings is 10. The molecule has 0 aliphatic rings. The summed E-state index contributed by atoms with van der Waals surface area (Å²) in [6.07, 6.45) is -57.1. The predicted molar refractivity (Wildman–Crippen MR) is 405 cm³/mol. The molecular weight excluding hydrogens is 1850 g/mol. The lowest BCUT2D eigenvalue weighted by molar-refractivity contribution is -0.150. The number of rotatable bonds is 0. The molecule has 0 radical (unpaired) electrons. The van der Waals surface area contributed by atoms with Crippen molar-refractivity contribution < 1.29 is 158 Å². The first-order valence-electron chi connectivity index (χ1n) is 35.6. The van der Waals surface area contributed by atoms with Crippen LogP contribution in [0.5, 0.6) is 0 Å². The van der Waals surface area contributed by atoms with Gasteiger partial charge < -0.3 is 0 Å². The second kappa shape index (κ2) is 47.1. The lowest BCUT2D eigenvalue weighted by Crippen LogP contribution is -2.18. The highest BCUT2D eigenvalue weighted by Crippen LogP contribution is 2.45. The van der Waals surface area contributed by atoms with Gasteiger partial charge in [0.2, 0.25) is 0 Å². The van der Waals surface area contributed by atoms with Crippen molar-refractivity contribution in [3.63, 3.8) is 0 Å². The Labute approximate surface area is 727 Å². The Balaban J connectivity index is 0.000000737. The van der Waals surface area contributed by atoms with Crippen LogP contribution < -0.4 is 0 Å². The molecule has 132 heavy (non-hydrogen) atoms. The molecular formula is C89H61F36N7. The van der Waals surface area contributed by atoms with E-state index in [-0.39, 0.29) is 41.0 Å². The monoisotopic (exact) mass is 1910 g/mol. The van der Waals surface area contributed by atoms with E-state index in [4.69, 9.17) is 36.8 Å². The van der Waals surface area contributed by atoms with Gasteiger partial charge in [0.15, 0.2) is 0 Å². The summed E-state index contributed by atoms with van der Waals surface area (Å²) in [4.78, 5) is 0. The molecule has 0 bridgehead atoms. The van der Waals surface area contributed by atoms with E-state index in [9.17, 15) is 158 Å². The molecule has 0 saturated carbocycles. The SMILES string of the molecule is Cc1c(C#N)cc(C#N)cc1C#N.Cc1c(C(F)(F)F)cc(C(F)(F)F)cc1C(F)(F)F.Cc1c(C(F)(F)F)cccc1C(F)(F)F.Cc1cc(C#N)cc(C#N)c1.Cc1cc(C(F)(F)F)cc(C(F)(F)F)c1.Cc1ccc(C#N)cc1C#N.Cc1ccc(C(F)(F)F)cc1.Cc1ccc(C(F)(F)F)cc1C(F)(F)F.Cc1cccc(C(F)(F)F)c1.Cc1ccccc1C(F)(F)F. The van der Waals surface area contributed by atoms with Crippen molar-refractivity contribution in [2.24, 2.45) is 0 Å². The van der Waals surface area contributed by atoms with E-state index in [0.29, 0.717) is 87.3 Å². The lowest BCUT2D eigenvalue weighted by Gasteiger charge is -2.19. The fourth-order valence-corrected chi connectivity index (χ4v) is 10.1. The molecule has 0 atom stereocenters. The molecule has 0 spiro atoms. The van der Waals surface area contributed by atoms with Gasteiger partial charge in [-0.25, -0.2) is 0 Å². The van der Waals surface area contributed by atoms with E-state index in [1.807, 2.05) is 56.3 Å². The summed E-state index contributed by atoms with van der Waals surface area (Å²) < 4.78 is 439. The van der Waals surface area contributed by atoms with Crippen LogP contribution in [0.15, 0.2) is 188 Å². The van der Waals surface area contributed by atoms with Crippen LogP contribution in [0.1, 0.15) is 161 Å². The molecule has 43 heteroatoms.